The van der Waals surface area contributed by atoms with Crippen LogP contribution in [0.5, 0.6) is 0 Å². The predicted molar refractivity (Wildman–Crippen MR) is 61.9 cm³/mol. The van der Waals surface area contributed by atoms with Gasteiger partial charge in [-0.05, 0) is 32.5 Å². The van der Waals surface area contributed by atoms with Crippen LogP contribution >= 0.6 is 23.4 Å². The lowest BCUT2D eigenvalue weighted by Crippen LogP contribution is -1.89. The van der Waals surface area contributed by atoms with Gasteiger partial charge in [0.1, 0.15) is 21.8 Å². The van der Waals surface area contributed by atoms with Gasteiger partial charge in [-0.15, -0.1) is 0 Å². The topological polar surface area (TPSA) is 51.8 Å². The monoisotopic (exact) mass is 255 g/mol. The number of halogens is 1. The normalized spacial score (nSPS) is 10.8. The van der Waals surface area contributed by atoms with Crippen molar-refractivity contribution in [3.63, 3.8) is 0 Å². The molecule has 0 N–H and O–H groups in total. The van der Waals surface area contributed by atoms with E-state index in [1.807, 2.05) is 13.8 Å². The average Bonchev–Trinajstić information content (AvgIpc) is 2.43. The van der Waals surface area contributed by atoms with Gasteiger partial charge in [-0.1, -0.05) is 11.6 Å². The van der Waals surface area contributed by atoms with Gasteiger partial charge in [0, 0.05) is 6.07 Å². The second-order valence-electron chi connectivity index (χ2n) is 3.30. The molecule has 4 nitrogen and oxygen atoms in total. The van der Waals surface area contributed by atoms with E-state index in [-0.39, 0.29) is 0 Å². The molecule has 84 valence electrons. The Morgan fingerprint density at radius 1 is 1.19 bits per heavy atom. The smallest absolute Gasteiger partial charge is 0.262 e. The van der Waals surface area contributed by atoms with Crippen LogP contribution in [0, 0.1) is 20.8 Å². The van der Waals surface area contributed by atoms with Crippen LogP contribution in [0.3, 0.4) is 0 Å². The van der Waals surface area contributed by atoms with Crippen LogP contribution in [0.25, 0.3) is 0 Å². The predicted octanol–water partition coefficient (Wildman–Crippen LogP) is 3.19. The lowest BCUT2D eigenvalue weighted by atomic mass is 10.4. The fourth-order valence-corrected chi connectivity index (χ4v) is 2.30. The first-order valence-electron chi connectivity index (χ1n) is 4.67. The molecule has 0 aliphatic heterocycles. The molecule has 0 fully saturated rings. The Kier molecular flexibility index (Phi) is 3.16. The van der Waals surface area contributed by atoms with Gasteiger partial charge in [0.2, 0.25) is 0 Å². The second-order valence-corrected chi connectivity index (χ2v) is 4.66. The van der Waals surface area contributed by atoms with Crippen molar-refractivity contribution >= 4 is 23.4 Å². The van der Waals surface area contributed by atoms with Crippen molar-refractivity contribution in [1.29, 1.82) is 0 Å². The third kappa shape index (κ3) is 2.54. The van der Waals surface area contributed by atoms with Crippen molar-refractivity contribution in [2.45, 2.75) is 31.0 Å². The van der Waals surface area contributed by atoms with E-state index >= 15 is 0 Å². The van der Waals surface area contributed by atoms with Crippen molar-refractivity contribution in [1.82, 2.24) is 15.0 Å². The molecular formula is C10H10ClN3OS. The van der Waals surface area contributed by atoms with Gasteiger partial charge in [0.25, 0.3) is 5.22 Å². The summed E-state index contributed by atoms with van der Waals surface area (Å²) < 4.78 is 5.45. The number of oxazole rings is 1. The van der Waals surface area contributed by atoms with Crippen molar-refractivity contribution in [3.05, 3.63) is 28.5 Å². The van der Waals surface area contributed by atoms with E-state index in [4.69, 9.17) is 16.0 Å². The maximum absolute atomic E-state index is 5.84. The minimum absolute atomic E-state index is 0.426. The Morgan fingerprint density at radius 2 is 1.94 bits per heavy atom. The molecule has 0 unspecified atom stereocenters. The van der Waals surface area contributed by atoms with E-state index < -0.39 is 0 Å². The SMILES string of the molecule is Cc1nc(Cl)cc(Sc2nc(C)c(C)o2)n1. The van der Waals surface area contributed by atoms with E-state index in [9.17, 15) is 0 Å². The largest absolute Gasteiger partial charge is 0.436 e. The molecule has 0 saturated heterocycles. The molecule has 0 spiro atoms. The van der Waals surface area contributed by atoms with Crippen LogP contribution in [0.1, 0.15) is 17.3 Å². The minimum Gasteiger partial charge on any atom is -0.436 e. The lowest BCUT2D eigenvalue weighted by molar-refractivity contribution is 0.431. The molecule has 0 aliphatic carbocycles. The second kappa shape index (κ2) is 4.43. The molecule has 0 aromatic carbocycles. The Morgan fingerprint density at radius 3 is 2.50 bits per heavy atom. The van der Waals surface area contributed by atoms with Crippen molar-refractivity contribution < 1.29 is 4.42 Å². The minimum atomic E-state index is 0.426. The zero-order chi connectivity index (χ0) is 11.7. The van der Waals surface area contributed by atoms with Crippen LogP contribution in [0.15, 0.2) is 20.7 Å². The Balaban J connectivity index is 2.26. The van der Waals surface area contributed by atoms with Gasteiger partial charge < -0.3 is 4.42 Å². The first kappa shape index (κ1) is 11.4. The highest BCUT2D eigenvalue weighted by molar-refractivity contribution is 7.99. The third-order valence-corrected chi connectivity index (χ3v) is 2.95. The van der Waals surface area contributed by atoms with Crippen LogP contribution in [0.2, 0.25) is 5.15 Å². The van der Waals surface area contributed by atoms with Gasteiger partial charge in [-0.2, -0.15) is 0 Å². The number of hydrogen-bond donors (Lipinski definition) is 0. The highest BCUT2D eigenvalue weighted by atomic mass is 35.5. The summed E-state index contributed by atoms with van der Waals surface area (Å²) in [5.41, 5.74) is 0.888. The number of nitrogens with zero attached hydrogens (tertiary/aromatic N) is 3. The summed E-state index contributed by atoms with van der Waals surface area (Å²) in [5.74, 6) is 1.45. The molecule has 0 saturated carbocycles. The Bertz CT molecular complexity index is 487. The zero-order valence-corrected chi connectivity index (χ0v) is 10.7. The van der Waals surface area contributed by atoms with E-state index in [1.165, 1.54) is 11.8 Å². The molecule has 2 rings (SSSR count). The third-order valence-electron chi connectivity index (χ3n) is 1.98. The number of aromatic nitrogens is 3. The van der Waals surface area contributed by atoms with E-state index in [1.54, 1.807) is 13.0 Å². The molecule has 2 aromatic heterocycles. The zero-order valence-electron chi connectivity index (χ0n) is 9.11. The van der Waals surface area contributed by atoms with E-state index in [2.05, 4.69) is 15.0 Å². The molecule has 0 bridgehead atoms. The number of aryl methyl sites for hydroxylation is 3. The van der Waals surface area contributed by atoms with Crippen LogP contribution in [-0.2, 0) is 0 Å². The number of hydrogen-bond acceptors (Lipinski definition) is 5. The average molecular weight is 256 g/mol. The summed E-state index contributed by atoms with van der Waals surface area (Å²) in [7, 11) is 0. The molecule has 0 radical (unpaired) electrons. The first-order valence-corrected chi connectivity index (χ1v) is 5.87. The van der Waals surface area contributed by atoms with Crippen molar-refractivity contribution in [2.24, 2.45) is 0 Å². The summed E-state index contributed by atoms with van der Waals surface area (Å²) in [6.45, 7) is 5.58. The fraction of sp³-hybridized carbons (Fsp3) is 0.300. The highest BCUT2D eigenvalue weighted by Crippen LogP contribution is 2.27. The van der Waals surface area contributed by atoms with Crippen molar-refractivity contribution in [3.8, 4) is 0 Å². The fourth-order valence-electron chi connectivity index (χ4n) is 1.13. The molecule has 0 atom stereocenters. The maximum Gasteiger partial charge on any atom is 0.262 e. The maximum atomic E-state index is 5.84. The van der Waals surface area contributed by atoms with Gasteiger partial charge in [-0.3, -0.25) is 0 Å². The summed E-state index contributed by atoms with van der Waals surface area (Å²) >= 11 is 7.17. The summed E-state index contributed by atoms with van der Waals surface area (Å²) in [6, 6.07) is 1.69. The molecule has 0 amide bonds. The van der Waals surface area contributed by atoms with Crippen LogP contribution < -0.4 is 0 Å². The van der Waals surface area contributed by atoms with Gasteiger partial charge in [0.05, 0.1) is 5.69 Å². The summed E-state index contributed by atoms with van der Waals surface area (Å²) in [4.78, 5) is 12.5. The van der Waals surface area contributed by atoms with Crippen molar-refractivity contribution in [2.75, 3.05) is 0 Å². The number of rotatable bonds is 2. The Hall–Kier alpha value is -1.07. The van der Waals surface area contributed by atoms with E-state index in [0.717, 1.165) is 16.5 Å². The molecule has 2 heterocycles. The van der Waals surface area contributed by atoms with Gasteiger partial charge in [-0.25, -0.2) is 15.0 Å². The van der Waals surface area contributed by atoms with E-state index in [0.29, 0.717) is 16.2 Å². The Labute approximate surface area is 102 Å². The first-order chi connectivity index (χ1) is 7.54. The van der Waals surface area contributed by atoms with Crippen LogP contribution in [-0.4, -0.2) is 15.0 Å². The van der Waals surface area contributed by atoms with Gasteiger partial charge >= 0.3 is 0 Å². The molecule has 2 aromatic rings. The lowest BCUT2D eigenvalue weighted by Gasteiger charge is -1.98. The standard InChI is InChI=1S/C10H10ClN3OS/c1-5-6(2)15-10(12-5)16-9-4-8(11)13-7(3)14-9/h4H,1-3H3. The van der Waals surface area contributed by atoms with Gasteiger partial charge in [0.15, 0.2) is 0 Å². The quantitative estimate of drug-likeness (QED) is 0.772. The van der Waals surface area contributed by atoms with Crippen LogP contribution in [0.4, 0.5) is 0 Å². The highest BCUT2D eigenvalue weighted by Gasteiger charge is 2.09. The molecule has 0 aliphatic rings. The molecular weight excluding hydrogens is 246 g/mol. The summed E-state index contributed by atoms with van der Waals surface area (Å²) in [6.07, 6.45) is 0. The molecule has 6 heteroatoms. The molecule has 16 heavy (non-hydrogen) atoms. The summed E-state index contributed by atoms with van der Waals surface area (Å²) in [5, 5.41) is 1.73.